The fourth-order valence-corrected chi connectivity index (χ4v) is 14.1. The van der Waals surface area contributed by atoms with Crippen LogP contribution in [0.5, 0.6) is 0 Å². The Kier molecular flexibility index (Phi) is 9.03. The molecule has 1 aliphatic heterocycles. The molecule has 3 bridgehead atoms. The summed E-state index contributed by atoms with van der Waals surface area (Å²) in [6.07, 6.45) is 11.3. The number of nitrogens with one attached hydrogen (secondary N) is 1. The molecule has 1 spiro atoms. The molecule has 0 radical (unpaired) electrons. The van der Waals surface area contributed by atoms with Crippen LogP contribution in [-0.4, -0.2) is 96.5 Å². The SMILES string of the molecule is Cc1c(Nc2nc3ccccc3s2)nnc2c1CCCN2c1ccc(-c2cnn(CC34CC5(C)CC6(OCCN(C)CCCO)CC(C)(C3)C6(C5)C4)c2C)c(C(=O)O)n1. The number of pyridine rings is 1. The van der Waals surface area contributed by atoms with E-state index in [0.717, 1.165) is 109 Å². The van der Waals surface area contributed by atoms with Crippen LogP contribution in [-0.2, 0) is 17.7 Å². The fourth-order valence-electron chi connectivity index (χ4n) is 13.2. The molecule has 1 aromatic carbocycles. The lowest BCUT2D eigenvalue weighted by Gasteiger charge is -2.64. The number of carboxylic acids is 1. The molecule has 3 N–H and O–H groups in total. The highest BCUT2D eigenvalue weighted by molar-refractivity contribution is 7.22. The zero-order valence-corrected chi connectivity index (χ0v) is 35.7. The molecule has 5 unspecified atom stereocenters. The average Bonchev–Trinajstić information content (AvgIpc) is 3.86. The van der Waals surface area contributed by atoms with Gasteiger partial charge in [0.1, 0.15) is 5.82 Å². The molecular weight excluding hydrogens is 763 g/mol. The van der Waals surface area contributed by atoms with Crippen LogP contribution in [0.25, 0.3) is 21.3 Å². The zero-order chi connectivity index (χ0) is 41.0. The van der Waals surface area contributed by atoms with Crippen molar-refractivity contribution >= 4 is 50.1 Å². The van der Waals surface area contributed by atoms with Crippen LogP contribution in [0.3, 0.4) is 0 Å². The van der Waals surface area contributed by atoms with Gasteiger partial charge in [-0.05, 0) is 119 Å². The summed E-state index contributed by atoms with van der Waals surface area (Å²) in [6, 6.07) is 11.8. The van der Waals surface area contributed by atoms with Gasteiger partial charge in [0, 0.05) is 66.1 Å². The minimum Gasteiger partial charge on any atom is -0.476 e. The van der Waals surface area contributed by atoms with E-state index in [2.05, 4.69) is 59.0 Å². The van der Waals surface area contributed by atoms with E-state index >= 15 is 0 Å². The molecule has 13 nitrogen and oxygen atoms in total. The van der Waals surface area contributed by atoms with Crippen LogP contribution in [0, 0.1) is 35.5 Å². The standard InChI is InChI=1S/C45H55N9O4S/c1-28-30-10-8-16-53(38(30)51-50-37(28)49-40-47-33-11-6-7-12-34(33)59-40)35-14-13-31(36(48-35)39(56)57)32-20-46-54(29(32)2)27-43-21-41(3)22-44(26-43)42(4,24-43)25-45(44,23-41)58-19-17-52(5)15-9-18-55/h6-7,11-14,20,55H,8-10,15-19,21-27H2,1-5H3,(H,56,57)(H,47,49,50). The van der Waals surface area contributed by atoms with E-state index in [9.17, 15) is 15.0 Å². The minimum atomic E-state index is -1.07. The number of anilines is 4. The molecule has 5 aromatic rings. The molecule has 59 heavy (non-hydrogen) atoms. The Bertz CT molecular complexity index is 2450. The van der Waals surface area contributed by atoms with Crippen LogP contribution >= 0.6 is 11.3 Å². The van der Waals surface area contributed by atoms with Gasteiger partial charge in [0.15, 0.2) is 22.5 Å². The summed E-state index contributed by atoms with van der Waals surface area (Å²) in [6.45, 7) is 13.3. The van der Waals surface area contributed by atoms with Gasteiger partial charge < -0.3 is 30.1 Å². The van der Waals surface area contributed by atoms with Crippen molar-refractivity contribution in [3.63, 3.8) is 0 Å². The second-order valence-electron chi connectivity index (χ2n) is 19.3. The Balaban J connectivity index is 0.889. The number of aliphatic hydroxyl groups is 1. The molecule has 10 rings (SSSR count). The van der Waals surface area contributed by atoms with E-state index in [1.165, 1.54) is 12.8 Å². The van der Waals surface area contributed by atoms with Crippen LogP contribution < -0.4 is 10.2 Å². The lowest BCUT2D eigenvalue weighted by molar-refractivity contribution is -0.253. The predicted octanol–water partition coefficient (Wildman–Crippen LogP) is 7.94. The topological polar surface area (TPSA) is 155 Å². The lowest BCUT2D eigenvalue weighted by Crippen LogP contribution is -2.65. The number of thiazole rings is 1. The molecule has 4 fully saturated rings. The molecule has 4 aromatic heterocycles. The van der Waals surface area contributed by atoms with Crippen LogP contribution in [0.4, 0.5) is 22.6 Å². The minimum absolute atomic E-state index is 0.00621. The normalized spacial score (nSPS) is 29.0. The maximum Gasteiger partial charge on any atom is 0.355 e. The molecule has 5 heterocycles. The second kappa shape index (κ2) is 13.8. The number of carboxylic acid groups (broad SMARTS) is 1. The maximum absolute atomic E-state index is 13.0. The van der Waals surface area contributed by atoms with Gasteiger partial charge in [-0.25, -0.2) is 14.8 Å². The van der Waals surface area contributed by atoms with E-state index in [0.29, 0.717) is 29.6 Å². The highest BCUT2D eigenvalue weighted by Crippen LogP contribution is 2.88. The van der Waals surface area contributed by atoms with E-state index < -0.39 is 5.97 Å². The summed E-state index contributed by atoms with van der Waals surface area (Å²) in [4.78, 5) is 26.7. The van der Waals surface area contributed by atoms with Crippen molar-refractivity contribution in [1.82, 2.24) is 34.8 Å². The van der Waals surface area contributed by atoms with Crippen LogP contribution in [0.2, 0.25) is 0 Å². The summed E-state index contributed by atoms with van der Waals surface area (Å²) in [5, 5.41) is 38.3. The average molecular weight is 818 g/mol. The molecule has 310 valence electrons. The predicted molar refractivity (Wildman–Crippen MR) is 229 cm³/mol. The molecule has 0 saturated heterocycles. The Morgan fingerprint density at radius 2 is 1.85 bits per heavy atom. The molecule has 5 aliphatic rings. The van der Waals surface area contributed by atoms with Gasteiger partial charge >= 0.3 is 5.97 Å². The third-order valence-corrected chi connectivity index (χ3v) is 16.0. The Labute approximate surface area is 349 Å². The third kappa shape index (κ3) is 6.02. The van der Waals surface area contributed by atoms with Gasteiger partial charge in [0.25, 0.3) is 0 Å². The number of hydrogen-bond acceptors (Lipinski definition) is 12. The molecule has 4 saturated carbocycles. The summed E-state index contributed by atoms with van der Waals surface area (Å²) < 4.78 is 10.2. The number of likely N-dealkylation sites (N-methyl/N-ethyl adjacent to an activating group) is 1. The number of rotatable bonds is 14. The first-order chi connectivity index (χ1) is 28.3. The maximum atomic E-state index is 13.0. The van der Waals surface area contributed by atoms with Crippen molar-refractivity contribution in [1.29, 1.82) is 0 Å². The second-order valence-corrected chi connectivity index (χ2v) is 20.3. The zero-order valence-electron chi connectivity index (χ0n) is 34.8. The van der Waals surface area contributed by atoms with Gasteiger partial charge in [-0.2, -0.15) is 5.10 Å². The summed E-state index contributed by atoms with van der Waals surface area (Å²) in [5.74, 6) is 0.841. The Morgan fingerprint density at radius 3 is 2.66 bits per heavy atom. The molecule has 14 heteroatoms. The van der Waals surface area contributed by atoms with E-state index in [1.807, 2.05) is 48.4 Å². The van der Waals surface area contributed by atoms with E-state index in [4.69, 9.17) is 19.8 Å². The Morgan fingerprint density at radius 1 is 1.00 bits per heavy atom. The number of benzene rings is 1. The first kappa shape index (κ1) is 38.7. The number of nitrogens with zero attached hydrogens (tertiary/aromatic N) is 8. The van der Waals surface area contributed by atoms with Crippen molar-refractivity contribution < 1.29 is 19.7 Å². The fraction of sp³-hybridized carbons (Fsp3) is 0.556. The summed E-state index contributed by atoms with van der Waals surface area (Å²) >= 11 is 1.58. The molecule has 5 atom stereocenters. The van der Waals surface area contributed by atoms with Crippen LogP contribution in [0.15, 0.2) is 42.6 Å². The Hall–Kier alpha value is -4.50. The highest BCUT2D eigenvalue weighted by atomic mass is 32.1. The van der Waals surface area contributed by atoms with Crippen molar-refractivity contribution in [3.8, 4) is 11.1 Å². The first-order valence-corrected chi connectivity index (χ1v) is 22.1. The smallest absolute Gasteiger partial charge is 0.355 e. The van der Waals surface area contributed by atoms with Crippen molar-refractivity contribution in [2.75, 3.05) is 50.1 Å². The van der Waals surface area contributed by atoms with E-state index in [1.54, 1.807) is 11.3 Å². The molecule has 4 aliphatic carbocycles. The number of aromatic carboxylic acids is 1. The number of carbonyl (C=O) groups is 1. The van der Waals surface area contributed by atoms with Crippen LogP contribution in [0.1, 0.15) is 92.5 Å². The third-order valence-electron chi connectivity index (χ3n) is 15.1. The summed E-state index contributed by atoms with van der Waals surface area (Å²) in [5.41, 5.74) is 6.05. The summed E-state index contributed by atoms with van der Waals surface area (Å²) in [7, 11) is 2.11. The lowest BCUT2D eigenvalue weighted by atomic mass is 9.44. The monoisotopic (exact) mass is 817 g/mol. The van der Waals surface area contributed by atoms with Crippen molar-refractivity contribution in [2.45, 2.75) is 97.6 Å². The van der Waals surface area contributed by atoms with E-state index in [-0.39, 0.29) is 39.6 Å². The van der Waals surface area contributed by atoms with Gasteiger partial charge in [0.2, 0.25) is 0 Å². The van der Waals surface area contributed by atoms with Crippen molar-refractivity contribution in [3.05, 3.63) is 65.1 Å². The number of ether oxygens (including phenoxy) is 1. The van der Waals surface area contributed by atoms with Gasteiger partial charge in [0.05, 0.1) is 28.6 Å². The van der Waals surface area contributed by atoms with Crippen molar-refractivity contribution in [2.24, 2.45) is 21.7 Å². The molecular formula is C45H55N9O4S. The van der Waals surface area contributed by atoms with Gasteiger partial charge in [-0.15, -0.1) is 10.2 Å². The number of fused-ring (bicyclic) bond motifs is 4. The number of aromatic nitrogens is 6. The van der Waals surface area contributed by atoms with Gasteiger partial charge in [-0.1, -0.05) is 37.3 Å². The van der Waals surface area contributed by atoms with Gasteiger partial charge in [-0.3, -0.25) is 4.68 Å². The highest BCUT2D eigenvalue weighted by Gasteiger charge is 2.85. The number of aliphatic hydroxyl groups excluding tert-OH is 1. The first-order valence-electron chi connectivity index (χ1n) is 21.3. The number of hydrogen-bond donors (Lipinski definition) is 3. The quantitative estimate of drug-likeness (QED) is 0.0997. The molecule has 0 amide bonds. The largest absolute Gasteiger partial charge is 0.476 e. The number of para-hydroxylation sites is 1.